The lowest BCUT2D eigenvalue weighted by Crippen LogP contribution is -1.97. The first-order valence-corrected chi connectivity index (χ1v) is 7.47. The smallest absolute Gasteiger partial charge is 0.162 e. The summed E-state index contributed by atoms with van der Waals surface area (Å²) in [6.07, 6.45) is 0. The number of anilines is 1. The Kier molecular flexibility index (Phi) is 3.88. The van der Waals surface area contributed by atoms with Gasteiger partial charge in [0.25, 0.3) is 0 Å². The van der Waals surface area contributed by atoms with Crippen molar-refractivity contribution in [3.63, 3.8) is 0 Å². The third-order valence-electron chi connectivity index (χ3n) is 3.00. The van der Waals surface area contributed by atoms with Gasteiger partial charge in [-0.15, -0.1) is 0 Å². The van der Waals surface area contributed by atoms with Crippen LogP contribution in [0, 0.1) is 6.92 Å². The summed E-state index contributed by atoms with van der Waals surface area (Å²) in [5, 5.41) is 0.852. The minimum Gasteiger partial charge on any atom is -0.384 e. The normalized spacial score (nSPS) is 10.5. The van der Waals surface area contributed by atoms with E-state index in [0.29, 0.717) is 11.6 Å². The van der Waals surface area contributed by atoms with Crippen molar-refractivity contribution < 1.29 is 0 Å². The van der Waals surface area contributed by atoms with Crippen LogP contribution >= 0.6 is 11.8 Å². The molecule has 0 aliphatic heterocycles. The average Bonchev–Trinajstić information content (AvgIpc) is 2.50. The number of nitrogens with zero attached hydrogens (tertiary/aromatic N) is 2. The van der Waals surface area contributed by atoms with Gasteiger partial charge in [0.1, 0.15) is 10.8 Å². The molecular weight excluding hydrogens is 278 g/mol. The van der Waals surface area contributed by atoms with Gasteiger partial charge in [0.2, 0.25) is 0 Å². The van der Waals surface area contributed by atoms with Gasteiger partial charge in [-0.2, -0.15) is 0 Å². The van der Waals surface area contributed by atoms with E-state index in [-0.39, 0.29) is 0 Å². The van der Waals surface area contributed by atoms with Crippen molar-refractivity contribution in [3.8, 4) is 11.4 Å². The SMILES string of the molecule is Cc1ccc(Sc2cc(N)nc(-c3ccccc3)n2)cc1. The summed E-state index contributed by atoms with van der Waals surface area (Å²) >= 11 is 1.59. The lowest BCUT2D eigenvalue weighted by molar-refractivity contribution is 1.06. The van der Waals surface area contributed by atoms with Crippen molar-refractivity contribution in [1.82, 2.24) is 9.97 Å². The van der Waals surface area contributed by atoms with Crippen LogP contribution in [0.15, 0.2) is 70.6 Å². The average molecular weight is 293 g/mol. The number of aromatic nitrogens is 2. The molecule has 0 unspecified atom stereocenters. The molecule has 21 heavy (non-hydrogen) atoms. The summed E-state index contributed by atoms with van der Waals surface area (Å²) in [4.78, 5) is 10.0. The molecule has 0 fully saturated rings. The first-order valence-electron chi connectivity index (χ1n) is 6.65. The first-order chi connectivity index (χ1) is 10.2. The molecule has 1 aromatic heterocycles. The van der Waals surface area contributed by atoms with E-state index in [4.69, 9.17) is 5.73 Å². The largest absolute Gasteiger partial charge is 0.384 e. The van der Waals surface area contributed by atoms with Gasteiger partial charge in [0, 0.05) is 16.5 Å². The molecule has 0 aliphatic carbocycles. The Morgan fingerprint density at radius 1 is 0.905 bits per heavy atom. The van der Waals surface area contributed by atoms with E-state index >= 15 is 0 Å². The monoisotopic (exact) mass is 293 g/mol. The van der Waals surface area contributed by atoms with Crippen LogP contribution in [0.3, 0.4) is 0 Å². The lowest BCUT2D eigenvalue weighted by atomic mass is 10.2. The minimum absolute atomic E-state index is 0.485. The summed E-state index contributed by atoms with van der Waals surface area (Å²) < 4.78 is 0. The molecule has 4 heteroatoms. The molecule has 3 nitrogen and oxygen atoms in total. The number of nitrogens with two attached hydrogens (primary N) is 1. The molecule has 0 amide bonds. The fourth-order valence-electron chi connectivity index (χ4n) is 1.94. The molecule has 0 atom stereocenters. The van der Waals surface area contributed by atoms with Crippen LogP contribution in [-0.2, 0) is 0 Å². The highest BCUT2D eigenvalue weighted by molar-refractivity contribution is 7.99. The van der Waals surface area contributed by atoms with E-state index in [1.807, 2.05) is 30.3 Å². The quantitative estimate of drug-likeness (QED) is 0.736. The molecule has 0 saturated carbocycles. The number of benzene rings is 2. The Balaban J connectivity index is 1.93. The highest BCUT2D eigenvalue weighted by Gasteiger charge is 2.06. The summed E-state index contributed by atoms with van der Waals surface area (Å²) in [6, 6.07) is 20.0. The molecule has 3 rings (SSSR count). The Morgan fingerprint density at radius 3 is 2.33 bits per heavy atom. The highest BCUT2D eigenvalue weighted by Crippen LogP contribution is 2.28. The van der Waals surface area contributed by atoms with Crippen molar-refractivity contribution in [2.24, 2.45) is 0 Å². The summed E-state index contributed by atoms with van der Waals surface area (Å²) in [7, 11) is 0. The van der Waals surface area contributed by atoms with Crippen molar-refractivity contribution in [2.75, 3.05) is 5.73 Å². The van der Waals surface area contributed by atoms with E-state index in [1.54, 1.807) is 17.8 Å². The molecule has 3 aromatic rings. The maximum absolute atomic E-state index is 5.91. The Labute approximate surface area is 128 Å². The second-order valence-electron chi connectivity index (χ2n) is 4.74. The van der Waals surface area contributed by atoms with Gasteiger partial charge in [-0.25, -0.2) is 9.97 Å². The van der Waals surface area contributed by atoms with Crippen LogP contribution in [-0.4, -0.2) is 9.97 Å². The van der Waals surface area contributed by atoms with Crippen LogP contribution in [0.5, 0.6) is 0 Å². The van der Waals surface area contributed by atoms with Gasteiger partial charge in [-0.05, 0) is 19.1 Å². The first kappa shape index (κ1) is 13.6. The van der Waals surface area contributed by atoms with E-state index in [0.717, 1.165) is 15.5 Å². The summed E-state index contributed by atoms with van der Waals surface area (Å²) in [6.45, 7) is 2.07. The third-order valence-corrected chi connectivity index (χ3v) is 3.92. The van der Waals surface area contributed by atoms with Crippen LogP contribution in [0.1, 0.15) is 5.56 Å². The number of hydrogen-bond donors (Lipinski definition) is 1. The van der Waals surface area contributed by atoms with E-state index in [1.165, 1.54) is 5.56 Å². The maximum atomic E-state index is 5.91. The van der Waals surface area contributed by atoms with Gasteiger partial charge in [-0.1, -0.05) is 59.8 Å². The van der Waals surface area contributed by atoms with Gasteiger partial charge >= 0.3 is 0 Å². The fraction of sp³-hybridized carbons (Fsp3) is 0.0588. The lowest BCUT2D eigenvalue weighted by Gasteiger charge is -2.06. The van der Waals surface area contributed by atoms with Gasteiger partial charge in [0.15, 0.2) is 5.82 Å². The molecule has 0 radical (unpaired) electrons. The third kappa shape index (κ3) is 3.41. The van der Waals surface area contributed by atoms with Crippen LogP contribution < -0.4 is 5.73 Å². The van der Waals surface area contributed by atoms with E-state index < -0.39 is 0 Å². The van der Waals surface area contributed by atoms with Crippen molar-refractivity contribution in [1.29, 1.82) is 0 Å². The Hall–Kier alpha value is -2.33. The van der Waals surface area contributed by atoms with E-state index in [2.05, 4.69) is 41.2 Å². The molecule has 2 aromatic carbocycles. The van der Waals surface area contributed by atoms with Crippen molar-refractivity contribution in [2.45, 2.75) is 16.8 Å². The van der Waals surface area contributed by atoms with Gasteiger partial charge in [0.05, 0.1) is 0 Å². The highest BCUT2D eigenvalue weighted by atomic mass is 32.2. The Morgan fingerprint density at radius 2 is 1.62 bits per heavy atom. The van der Waals surface area contributed by atoms with Gasteiger partial charge < -0.3 is 5.73 Å². The van der Waals surface area contributed by atoms with Gasteiger partial charge in [-0.3, -0.25) is 0 Å². The van der Waals surface area contributed by atoms with Crippen LogP contribution in [0.25, 0.3) is 11.4 Å². The molecule has 0 spiro atoms. The number of hydrogen-bond acceptors (Lipinski definition) is 4. The molecule has 104 valence electrons. The summed E-state index contributed by atoms with van der Waals surface area (Å²) in [5.74, 6) is 1.14. The topological polar surface area (TPSA) is 51.8 Å². The standard InChI is InChI=1S/C17H15N3S/c1-12-7-9-14(10-8-12)21-16-11-15(18)19-17(20-16)13-5-3-2-4-6-13/h2-11H,1H3,(H2,18,19,20). The molecule has 1 heterocycles. The Bertz CT molecular complexity index is 740. The fourth-order valence-corrected chi connectivity index (χ4v) is 2.76. The predicted molar refractivity (Wildman–Crippen MR) is 87.2 cm³/mol. The molecule has 0 aliphatic rings. The summed E-state index contributed by atoms with van der Waals surface area (Å²) in [5.41, 5.74) is 8.12. The maximum Gasteiger partial charge on any atom is 0.162 e. The zero-order valence-electron chi connectivity index (χ0n) is 11.7. The minimum atomic E-state index is 0.485. The second-order valence-corrected chi connectivity index (χ2v) is 5.83. The molecule has 0 bridgehead atoms. The van der Waals surface area contributed by atoms with Crippen LogP contribution in [0.4, 0.5) is 5.82 Å². The molecular formula is C17H15N3S. The predicted octanol–water partition coefficient (Wildman–Crippen LogP) is 4.19. The van der Waals surface area contributed by atoms with Crippen molar-refractivity contribution in [3.05, 3.63) is 66.2 Å². The molecule has 2 N–H and O–H groups in total. The zero-order valence-corrected chi connectivity index (χ0v) is 12.5. The molecule has 0 saturated heterocycles. The number of aryl methyl sites for hydroxylation is 1. The zero-order chi connectivity index (χ0) is 14.7. The second kappa shape index (κ2) is 5.97. The number of rotatable bonds is 3. The van der Waals surface area contributed by atoms with Crippen LogP contribution in [0.2, 0.25) is 0 Å². The van der Waals surface area contributed by atoms with E-state index in [9.17, 15) is 0 Å². The van der Waals surface area contributed by atoms with Crippen molar-refractivity contribution >= 4 is 17.6 Å². The number of nitrogen functional groups attached to an aromatic ring is 1.